The second kappa shape index (κ2) is 7.92. The van der Waals surface area contributed by atoms with Crippen molar-refractivity contribution < 1.29 is 4.74 Å². The quantitative estimate of drug-likeness (QED) is 0.692. The van der Waals surface area contributed by atoms with Crippen LogP contribution in [0.2, 0.25) is 0 Å². The smallest absolute Gasteiger partial charge is 0.224 e. The molecule has 0 saturated heterocycles. The van der Waals surface area contributed by atoms with Gasteiger partial charge in [0.05, 0.1) is 24.5 Å². The highest BCUT2D eigenvalue weighted by Gasteiger charge is 2.05. The van der Waals surface area contributed by atoms with Gasteiger partial charge in [0, 0.05) is 12.4 Å². The lowest BCUT2D eigenvalue weighted by atomic mass is 10.3. The normalized spacial score (nSPS) is 10.2. The molecule has 0 atom stereocenters. The minimum Gasteiger partial charge on any atom is -0.492 e. The number of aromatic nitrogens is 3. The van der Waals surface area contributed by atoms with Crippen LogP contribution in [0.3, 0.4) is 0 Å². The Bertz CT molecular complexity index is 779. The van der Waals surface area contributed by atoms with E-state index < -0.39 is 0 Å². The van der Waals surface area contributed by atoms with E-state index in [0.29, 0.717) is 24.9 Å². The molecule has 0 radical (unpaired) electrons. The molecule has 0 aliphatic rings. The number of nitrogens with one attached hydrogen (secondary N) is 2. The summed E-state index contributed by atoms with van der Waals surface area (Å²) < 4.78 is 5.61. The minimum atomic E-state index is 0.541. The topological polar surface area (TPSA) is 72.0 Å². The van der Waals surface area contributed by atoms with Crippen LogP contribution in [0.15, 0.2) is 60.9 Å². The molecule has 2 aromatic heterocycles. The largest absolute Gasteiger partial charge is 0.492 e. The van der Waals surface area contributed by atoms with E-state index in [2.05, 4.69) is 25.6 Å². The van der Waals surface area contributed by atoms with Crippen molar-refractivity contribution in [1.82, 2.24) is 15.0 Å². The number of hydrogen-bond donors (Lipinski definition) is 2. The summed E-state index contributed by atoms with van der Waals surface area (Å²) in [5.74, 6) is 2.03. The van der Waals surface area contributed by atoms with Gasteiger partial charge in [-0.3, -0.25) is 4.98 Å². The van der Waals surface area contributed by atoms with Crippen molar-refractivity contribution in [2.75, 3.05) is 17.2 Å². The van der Waals surface area contributed by atoms with E-state index in [1.165, 1.54) is 0 Å². The monoisotopic (exact) mass is 321 g/mol. The third-order valence-corrected chi connectivity index (χ3v) is 3.26. The van der Waals surface area contributed by atoms with Gasteiger partial charge in [-0.1, -0.05) is 18.2 Å². The predicted molar refractivity (Wildman–Crippen MR) is 94.5 cm³/mol. The lowest BCUT2D eigenvalue weighted by Crippen LogP contribution is -2.06. The second-order valence-corrected chi connectivity index (χ2v) is 4.99. The van der Waals surface area contributed by atoms with Gasteiger partial charge in [0.1, 0.15) is 11.6 Å². The van der Waals surface area contributed by atoms with Gasteiger partial charge >= 0.3 is 0 Å². The summed E-state index contributed by atoms with van der Waals surface area (Å²) in [4.78, 5) is 13.0. The fourth-order valence-corrected chi connectivity index (χ4v) is 2.18. The number of ether oxygens (including phenoxy) is 1. The molecule has 0 amide bonds. The van der Waals surface area contributed by atoms with Gasteiger partial charge in [-0.05, 0) is 37.3 Å². The van der Waals surface area contributed by atoms with Gasteiger partial charge < -0.3 is 15.4 Å². The first-order valence-electron chi connectivity index (χ1n) is 7.81. The first-order valence-corrected chi connectivity index (χ1v) is 7.81. The molecule has 6 nitrogen and oxygen atoms in total. The van der Waals surface area contributed by atoms with Crippen molar-refractivity contribution in [2.45, 2.75) is 13.5 Å². The Labute approximate surface area is 141 Å². The molecule has 0 aliphatic heterocycles. The van der Waals surface area contributed by atoms with E-state index in [4.69, 9.17) is 4.74 Å². The molecule has 0 saturated carbocycles. The summed E-state index contributed by atoms with van der Waals surface area (Å²) in [6.45, 7) is 3.14. The Kier molecular flexibility index (Phi) is 5.19. The first kappa shape index (κ1) is 15.7. The Morgan fingerprint density at radius 2 is 1.83 bits per heavy atom. The second-order valence-electron chi connectivity index (χ2n) is 4.99. The summed E-state index contributed by atoms with van der Waals surface area (Å²) in [5, 5.41) is 6.44. The average Bonchev–Trinajstić information content (AvgIpc) is 2.63. The van der Waals surface area contributed by atoms with Crippen LogP contribution in [0, 0.1) is 0 Å². The SMILES string of the molecule is CCOc1ccccc1Nc1ccnc(NCc2ccccn2)n1. The molecule has 2 heterocycles. The molecule has 3 aromatic rings. The molecule has 6 heteroatoms. The van der Waals surface area contributed by atoms with E-state index in [1.807, 2.05) is 55.5 Å². The molecule has 2 N–H and O–H groups in total. The number of nitrogens with zero attached hydrogens (tertiary/aromatic N) is 3. The molecule has 24 heavy (non-hydrogen) atoms. The van der Waals surface area contributed by atoms with Gasteiger partial charge in [0.15, 0.2) is 0 Å². The lowest BCUT2D eigenvalue weighted by Gasteiger charge is -2.12. The van der Waals surface area contributed by atoms with Crippen molar-refractivity contribution in [3.05, 3.63) is 66.6 Å². The molecule has 3 rings (SSSR count). The van der Waals surface area contributed by atoms with Crippen LogP contribution in [0.1, 0.15) is 12.6 Å². The maximum atomic E-state index is 5.61. The van der Waals surface area contributed by atoms with E-state index in [0.717, 1.165) is 17.1 Å². The van der Waals surface area contributed by atoms with Crippen LogP contribution in [0.4, 0.5) is 17.5 Å². The molecular formula is C18H19N5O. The molecule has 122 valence electrons. The Hall–Kier alpha value is -3.15. The molecule has 0 bridgehead atoms. The van der Waals surface area contributed by atoms with Crippen molar-refractivity contribution in [2.24, 2.45) is 0 Å². The molecule has 0 aliphatic carbocycles. The maximum Gasteiger partial charge on any atom is 0.224 e. The maximum absolute atomic E-state index is 5.61. The van der Waals surface area contributed by atoms with Gasteiger partial charge in [0.25, 0.3) is 0 Å². The van der Waals surface area contributed by atoms with Crippen molar-refractivity contribution >= 4 is 17.5 Å². The number of benzene rings is 1. The Morgan fingerprint density at radius 1 is 0.958 bits per heavy atom. The average molecular weight is 321 g/mol. The van der Waals surface area contributed by atoms with Crippen LogP contribution < -0.4 is 15.4 Å². The molecule has 0 unspecified atom stereocenters. The number of para-hydroxylation sites is 2. The first-order chi connectivity index (χ1) is 11.8. The van der Waals surface area contributed by atoms with E-state index in [-0.39, 0.29) is 0 Å². The highest BCUT2D eigenvalue weighted by Crippen LogP contribution is 2.26. The number of rotatable bonds is 7. The van der Waals surface area contributed by atoms with Gasteiger partial charge in [-0.25, -0.2) is 4.98 Å². The summed E-state index contributed by atoms with van der Waals surface area (Å²) in [7, 11) is 0. The van der Waals surface area contributed by atoms with Crippen molar-refractivity contribution in [3.8, 4) is 5.75 Å². The van der Waals surface area contributed by atoms with Crippen LogP contribution in [0.25, 0.3) is 0 Å². The standard InChI is InChI=1S/C18H19N5O/c1-2-24-16-9-4-3-8-15(16)22-17-10-12-20-18(23-17)21-13-14-7-5-6-11-19-14/h3-12H,2,13H2,1H3,(H2,20,21,22,23). The third kappa shape index (κ3) is 4.19. The number of anilines is 3. The fourth-order valence-electron chi connectivity index (χ4n) is 2.18. The zero-order valence-electron chi connectivity index (χ0n) is 13.4. The van der Waals surface area contributed by atoms with E-state index in [1.54, 1.807) is 12.4 Å². The summed E-state index contributed by atoms with van der Waals surface area (Å²) in [5.41, 5.74) is 1.80. The highest BCUT2D eigenvalue weighted by atomic mass is 16.5. The summed E-state index contributed by atoms with van der Waals surface area (Å²) >= 11 is 0. The van der Waals surface area contributed by atoms with E-state index in [9.17, 15) is 0 Å². The highest BCUT2D eigenvalue weighted by molar-refractivity contribution is 5.64. The lowest BCUT2D eigenvalue weighted by molar-refractivity contribution is 0.342. The van der Waals surface area contributed by atoms with Crippen LogP contribution >= 0.6 is 0 Å². The molecular weight excluding hydrogens is 302 g/mol. The van der Waals surface area contributed by atoms with Crippen LogP contribution in [-0.2, 0) is 6.54 Å². The molecule has 1 aromatic carbocycles. The van der Waals surface area contributed by atoms with Crippen LogP contribution in [-0.4, -0.2) is 21.6 Å². The molecule has 0 spiro atoms. The summed E-state index contributed by atoms with van der Waals surface area (Å²) in [6, 6.07) is 15.4. The van der Waals surface area contributed by atoms with Crippen molar-refractivity contribution in [1.29, 1.82) is 0 Å². The van der Waals surface area contributed by atoms with E-state index >= 15 is 0 Å². The Morgan fingerprint density at radius 3 is 2.67 bits per heavy atom. The zero-order valence-corrected chi connectivity index (χ0v) is 13.4. The number of hydrogen-bond acceptors (Lipinski definition) is 6. The zero-order chi connectivity index (χ0) is 16.6. The third-order valence-electron chi connectivity index (χ3n) is 3.26. The van der Waals surface area contributed by atoms with Gasteiger partial charge in [0.2, 0.25) is 5.95 Å². The van der Waals surface area contributed by atoms with Crippen molar-refractivity contribution in [3.63, 3.8) is 0 Å². The fraction of sp³-hybridized carbons (Fsp3) is 0.167. The Balaban J connectivity index is 1.69. The van der Waals surface area contributed by atoms with Gasteiger partial charge in [-0.15, -0.1) is 0 Å². The summed E-state index contributed by atoms with van der Waals surface area (Å²) in [6.07, 6.45) is 3.47. The van der Waals surface area contributed by atoms with Gasteiger partial charge in [-0.2, -0.15) is 4.98 Å². The number of pyridine rings is 1. The molecule has 0 fully saturated rings. The minimum absolute atomic E-state index is 0.541. The predicted octanol–water partition coefficient (Wildman–Crippen LogP) is 3.63. The van der Waals surface area contributed by atoms with Crippen LogP contribution in [0.5, 0.6) is 5.75 Å².